The normalized spacial score (nSPS) is 10.4. The zero-order valence-electron chi connectivity index (χ0n) is 26.6. The Morgan fingerprint density at radius 3 is 1.55 bits per heavy atom. The number of unbranched alkanes of at least 4 members (excludes halogenated alkanes) is 2. The molecule has 0 bridgehead atoms. The second-order valence-corrected chi connectivity index (χ2v) is 10.6. The zero-order chi connectivity index (χ0) is 29.2. The van der Waals surface area contributed by atoms with Crippen molar-refractivity contribution in [3.05, 3.63) is 112 Å². The van der Waals surface area contributed by atoms with Crippen LogP contribution in [0.25, 0.3) is 6.08 Å². The Morgan fingerprint density at radius 1 is 0.684 bits per heavy atom. The molecule has 0 aliphatic heterocycles. The third kappa shape index (κ3) is 19.8. The molecule has 0 aliphatic rings. The fourth-order valence-electron chi connectivity index (χ4n) is 3.28. The molecule has 1 unspecified atom stereocenters. The van der Waals surface area contributed by atoms with Crippen molar-refractivity contribution >= 4 is 17.8 Å². The maximum absolute atomic E-state index is 2.28. The summed E-state index contributed by atoms with van der Waals surface area (Å²) >= 11 is 1.92. The average molecular weight is 535 g/mol. The minimum absolute atomic E-state index is 0.620. The zero-order valence-corrected chi connectivity index (χ0v) is 27.4. The monoisotopic (exact) mass is 534 g/mol. The van der Waals surface area contributed by atoms with E-state index in [1.165, 1.54) is 59.1 Å². The van der Waals surface area contributed by atoms with Gasteiger partial charge in [-0.15, -0.1) is 0 Å². The van der Waals surface area contributed by atoms with Crippen LogP contribution < -0.4 is 0 Å². The van der Waals surface area contributed by atoms with Gasteiger partial charge in [-0.05, 0) is 69.5 Å². The lowest BCUT2D eigenvalue weighted by Crippen LogP contribution is -1.97. The second-order valence-electron chi connectivity index (χ2n) is 9.44. The molecule has 0 heterocycles. The highest BCUT2D eigenvalue weighted by atomic mass is 32.2. The molecule has 0 radical (unpaired) electrons. The molecule has 3 aromatic carbocycles. The van der Waals surface area contributed by atoms with Gasteiger partial charge in [0.05, 0.1) is 0 Å². The topological polar surface area (TPSA) is 0 Å². The molecule has 0 saturated heterocycles. The number of allylic oxidation sites excluding steroid dienone is 1. The van der Waals surface area contributed by atoms with E-state index in [0.29, 0.717) is 5.25 Å². The van der Waals surface area contributed by atoms with Gasteiger partial charge in [-0.2, -0.15) is 11.8 Å². The van der Waals surface area contributed by atoms with E-state index in [1.807, 2.05) is 43.0 Å². The van der Waals surface area contributed by atoms with Crippen molar-refractivity contribution < 1.29 is 0 Å². The highest BCUT2D eigenvalue weighted by Gasteiger charge is 2.09. The molecule has 0 N–H and O–H groups in total. The Hall–Kier alpha value is -2.25. The Bertz CT molecular complexity index is 915. The maximum Gasteiger partial charge on any atom is 0.0269 e. The molecule has 0 nitrogen and oxygen atoms in total. The van der Waals surface area contributed by atoms with Gasteiger partial charge in [-0.1, -0.05) is 156 Å². The van der Waals surface area contributed by atoms with Crippen molar-refractivity contribution in [2.24, 2.45) is 0 Å². The van der Waals surface area contributed by atoms with Crippen LogP contribution in [0.15, 0.2) is 78.9 Å². The lowest BCUT2D eigenvalue weighted by atomic mass is 9.98. The minimum atomic E-state index is 0.620. The molecule has 0 aromatic heterocycles. The summed E-state index contributed by atoms with van der Waals surface area (Å²) < 4.78 is 0. The smallest absolute Gasteiger partial charge is 0.0269 e. The average Bonchev–Trinajstić information content (AvgIpc) is 2.94. The first-order valence-electron chi connectivity index (χ1n) is 14.6. The van der Waals surface area contributed by atoms with E-state index in [9.17, 15) is 0 Å². The molecule has 3 aromatic rings. The first-order chi connectivity index (χ1) is 18.2. The number of aryl methyl sites for hydroxylation is 3. The first kappa shape index (κ1) is 37.9. The van der Waals surface area contributed by atoms with Crippen molar-refractivity contribution in [1.29, 1.82) is 0 Å². The second kappa shape index (κ2) is 26.4. The summed E-state index contributed by atoms with van der Waals surface area (Å²) in [6.45, 7) is 21.7. The van der Waals surface area contributed by atoms with Crippen LogP contribution in [0.3, 0.4) is 0 Å². The Labute approximate surface area is 242 Å². The largest absolute Gasteiger partial charge is 0.157 e. The van der Waals surface area contributed by atoms with Crippen LogP contribution in [0.2, 0.25) is 0 Å². The molecule has 0 saturated carbocycles. The van der Waals surface area contributed by atoms with Crippen LogP contribution in [-0.4, -0.2) is 6.26 Å². The van der Waals surface area contributed by atoms with Gasteiger partial charge in [0.1, 0.15) is 0 Å². The van der Waals surface area contributed by atoms with Gasteiger partial charge in [0.2, 0.25) is 0 Å². The third-order valence-electron chi connectivity index (χ3n) is 5.92. The maximum atomic E-state index is 2.28. The Morgan fingerprint density at radius 2 is 1.18 bits per heavy atom. The molecular formula is C37H58S. The van der Waals surface area contributed by atoms with Crippen LogP contribution in [0.1, 0.15) is 113 Å². The molecule has 1 atom stereocenters. The summed E-state index contributed by atoms with van der Waals surface area (Å²) in [6, 6.07) is 25.3. The van der Waals surface area contributed by atoms with Crippen molar-refractivity contribution in [1.82, 2.24) is 0 Å². The SMILES string of the molecule is C/C=C/c1ccccc1.CCCC.CCCC.CCc1c(C)cccc1C(C)SC.Cc1cccc(C)c1. The highest BCUT2D eigenvalue weighted by molar-refractivity contribution is 7.98. The summed E-state index contributed by atoms with van der Waals surface area (Å²) in [6.07, 6.45) is 12.7. The van der Waals surface area contributed by atoms with Gasteiger partial charge < -0.3 is 0 Å². The van der Waals surface area contributed by atoms with Crippen LogP contribution >= 0.6 is 11.8 Å². The lowest BCUT2D eigenvalue weighted by molar-refractivity contribution is 0.886. The van der Waals surface area contributed by atoms with Gasteiger partial charge in [0.15, 0.2) is 0 Å². The van der Waals surface area contributed by atoms with Crippen LogP contribution in [0.5, 0.6) is 0 Å². The Kier molecular flexibility index (Phi) is 26.3. The van der Waals surface area contributed by atoms with E-state index in [2.05, 4.69) is 129 Å². The summed E-state index contributed by atoms with van der Waals surface area (Å²) in [5.41, 5.74) is 8.41. The van der Waals surface area contributed by atoms with E-state index >= 15 is 0 Å². The van der Waals surface area contributed by atoms with Crippen LogP contribution in [0, 0.1) is 20.8 Å². The predicted octanol–water partition coefficient (Wildman–Crippen LogP) is 12.6. The van der Waals surface area contributed by atoms with Crippen molar-refractivity contribution in [2.45, 2.75) is 107 Å². The molecule has 0 aliphatic carbocycles. The van der Waals surface area contributed by atoms with Gasteiger partial charge >= 0.3 is 0 Å². The van der Waals surface area contributed by atoms with Crippen molar-refractivity contribution in [3.63, 3.8) is 0 Å². The number of hydrogen-bond acceptors (Lipinski definition) is 1. The van der Waals surface area contributed by atoms with Crippen molar-refractivity contribution in [3.8, 4) is 0 Å². The molecule has 212 valence electrons. The Balaban J connectivity index is 0. The predicted molar refractivity (Wildman–Crippen MR) is 181 cm³/mol. The summed E-state index contributed by atoms with van der Waals surface area (Å²) in [7, 11) is 0. The fourth-order valence-corrected chi connectivity index (χ4v) is 3.75. The van der Waals surface area contributed by atoms with E-state index in [4.69, 9.17) is 0 Å². The minimum Gasteiger partial charge on any atom is -0.157 e. The van der Waals surface area contributed by atoms with E-state index < -0.39 is 0 Å². The van der Waals surface area contributed by atoms with Gasteiger partial charge in [0, 0.05) is 5.25 Å². The van der Waals surface area contributed by atoms with E-state index in [-0.39, 0.29) is 0 Å². The molecule has 3 rings (SSSR count). The van der Waals surface area contributed by atoms with Gasteiger partial charge in [0.25, 0.3) is 0 Å². The summed E-state index contributed by atoms with van der Waals surface area (Å²) in [5, 5.41) is 0.620. The van der Waals surface area contributed by atoms with Crippen LogP contribution in [-0.2, 0) is 6.42 Å². The number of benzene rings is 3. The van der Waals surface area contributed by atoms with Gasteiger partial charge in [-0.25, -0.2) is 0 Å². The fraction of sp³-hybridized carbons (Fsp3) is 0.459. The first-order valence-corrected chi connectivity index (χ1v) is 15.9. The highest BCUT2D eigenvalue weighted by Crippen LogP contribution is 2.30. The lowest BCUT2D eigenvalue weighted by Gasteiger charge is -2.15. The number of thioether (sulfide) groups is 1. The molecule has 1 heteroatoms. The number of hydrogen-bond donors (Lipinski definition) is 0. The van der Waals surface area contributed by atoms with Crippen molar-refractivity contribution in [2.75, 3.05) is 6.26 Å². The quantitative estimate of drug-likeness (QED) is 0.303. The third-order valence-corrected chi connectivity index (χ3v) is 6.88. The molecule has 0 spiro atoms. The summed E-state index contributed by atoms with van der Waals surface area (Å²) in [5.74, 6) is 0. The summed E-state index contributed by atoms with van der Waals surface area (Å²) in [4.78, 5) is 0. The number of rotatable bonds is 6. The molecular weight excluding hydrogens is 476 g/mol. The van der Waals surface area contributed by atoms with Crippen LogP contribution in [0.4, 0.5) is 0 Å². The van der Waals surface area contributed by atoms with E-state index in [0.717, 1.165) is 6.42 Å². The van der Waals surface area contributed by atoms with Gasteiger partial charge in [-0.3, -0.25) is 0 Å². The molecule has 0 fully saturated rings. The molecule has 38 heavy (non-hydrogen) atoms. The molecule has 0 amide bonds. The standard InChI is InChI=1S/C12H18S.C9H10.C8H10.2C4H10/c1-5-11-9(2)7-6-8-12(11)10(3)13-4;1-2-6-9-7-4-3-5-8-9;1-7-4-3-5-8(2)6-7;2*1-3-4-2/h6-8,10H,5H2,1-4H3;2-8H,1H3;3-6H,1-2H3;2*3-4H2,1-2H3/b;6-2+;;;. The van der Waals surface area contributed by atoms with E-state index in [1.54, 1.807) is 0 Å².